The first-order valence-corrected chi connectivity index (χ1v) is 18.3. The van der Waals surface area contributed by atoms with Gasteiger partial charge in [0.15, 0.2) is 0 Å². The summed E-state index contributed by atoms with van der Waals surface area (Å²) in [5.41, 5.74) is 1.69. The highest BCUT2D eigenvalue weighted by Crippen LogP contribution is 2.48. The van der Waals surface area contributed by atoms with Crippen LogP contribution in [0.1, 0.15) is 68.9 Å². The lowest BCUT2D eigenvalue weighted by molar-refractivity contribution is 0.177. The fourth-order valence-corrected chi connectivity index (χ4v) is 9.73. The van der Waals surface area contributed by atoms with E-state index in [1.807, 2.05) is 38.1 Å². The number of nitrogens with zero attached hydrogens (tertiary/aromatic N) is 3. The molecule has 2 aromatic carbocycles. The Morgan fingerprint density at radius 1 is 0.634 bits per heavy atom. The molecule has 3 fully saturated rings. The molecule has 0 bridgehead atoms. The van der Waals surface area contributed by atoms with E-state index in [1.165, 1.54) is 32.1 Å². The molecule has 41 heavy (non-hydrogen) atoms. The second-order valence-corrected chi connectivity index (χ2v) is 16.7. The van der Waals surface area contributed by atoms with Crippen LogP contribution in [0.15, 0.2) is 58.3 Å². The molecular weight excluding hydrogens is 555 g/mol. The third-order valence-electron chi connectivity index (χ3n) is 9.30. The second-order valence-electron chi connectivity index (χ2n) is 12.8. The molecule has 9 heteroatoms. The van der Waals surface area contributed by atoms with Crippen molar-refractivity contribution in [3.63, 3.8) is 0 Å². The van der Waals surface area contributed by atoms with E-state index in [9.17, 15) is 16.8 Å². The SMILES string of the molecule is Cc1ccc(S(=O)(=O)N2CCCN(CC3CCCCC3)CCCN(S(=O)(=O)c3ccc(C)cc3)CC3(CC3)C2)cc1. The lowest BCUT2D eigenvalue weighted by atomic mass is 9.89. The molecule has 7 nitrogen and oxygen atoms in total. The Bertz CT molecular complexity index is 1270. The zero-order valence-corrected chi connectivity index (χ0v) is 26.4. The summed E-state index contributed by atoms with van der Waals surface area (Å²) in [6.45, 7) is 8.18. The highest BCUT2D eigenvalue weighted by Gasteiger charge is 2.49. The Labute approximate surface area is 248 Å². The number of sulfonamides is 2. The quantitative estimate of drug-likeness (QED) is 0.441. The van der Waals surface area contributed by atoms with Gasteiger partial charge in [-0.15, -0.1) is 0 Å². The normalized spacial score (nSPS) is 22.7. The van der Waals surface area contributed by atoms with E-state index in [0.29, 0.717) is 41.9 Å². The van der Waals surface area contributed by atoms with Crippen LogP contribution < -0.4 is 0 Å². The van der Waals surface area contributed by atoms with E-state index in [-0.39, 0.29) is 5.41 Å². The summed E-state index contributed by atoms with van der Waals surface area (Å²) in [4.78, 5) is 3.10. The van der Waals surface area contributed by atoms with Crippen molar-refractivity contribution in [1.29, 1.82) is 0 Å². The summed E-state index contributed by atoms with van der Waals surface area (Å²) in [6.07, 6.45) is 9.61. The van der Waals surface area contributed by atoms with Gasteiger partial charge in [-0.3, -0.25) is 0 Å². The number of hydrogen-bond donors (Lipinski definition) is 0. The summed E-state index contributed by atoms with van der Waals surface area (Å²) in [5, 5.41) is 0. The van der Waals surface area contributed by atoms with Crippen LogP contribution in [0.3, 0.4) is 0 Å². The van der Waals surface area contributed by atoms with Gasteiger partial charge in [-0.1, -0.05) is 54.7 Å². The van der Waals surface area contributed by atoms with E-state index in [1.54, 1.807) is 32.9 Å². The van der Waals surface area contributed by atoms with E-state index >= 15 is 0 Å². The van der Waals surface area contributed by atoms with Crippen molar-refractivity contribution in [2.24, 2.45) is 11.3 Å². The van der Waals surface area contributed by atoms with Gasteiger partial charge in [-0.25, -0.2) is 16.8 Å². The first-order chi connectivity index (χ1) is 19.6. The molecule has 5 rings (SSSR count). The minimum Gasteiger partial charge on any atom is -0.303 e. The minimum atomic E-state index is -3.71. The smallest absolute Gasteiger partial charge is 0.243 e. The van der Waals surface area contributed by atoms with Crippen LogP contribution in [0.4, 0.5) is 0 Å². The van der Waals surface area contributed by atoms with Crippen LogP contribution in [0, 0.1) is 25.2 Å². The molecule has 2 aromatic rings. The van der Waals surface area contributed by atoms with Crippen molar-refractivity contribution in [2.45, 2.75) is 81.4 Å². The van der Waals surface area contributed by atoms with Crippen LogP contribution in [0.25, 0.3) is 0 Å². The molecule has 1 saturated heterocycles. The summed E-state index contributed by atoms with van der Waals surface area (Å²) in [5.74, 6) is 0.672. The Hall–Kier alpha value is -1.78. The number of hydrogen-bond acceptors (Lipinski definition) is 5. The van der Waals surface area contributed by atoms with Crippen LogP contribution in [0.2, 0.25) is 0 Å². The molecule has 1 aliphatic heterocycles. The number of rotatable bonds is 6. The molecule has 226 valence electrons. The van der Waals surface area contributed by atoms with Gasteiger partial charge in [0, 0.05) is 32.7 Å². The largest absolute Gasteiger partial charge is 0.303 e. The summed E-state index contributed by atoms with van der Waals surface area (Å²) >= 11 is 0. The average molecular weight is 602 g/mol. The Balaban J connectivity index is 1.43. The zero-order valence-electron chi connectivity index (χ0n) is 24.8. The van der Waals surface area contributed by atoms with Gasteiger partial charge in [-0.2, -0.15) is 8.61 Å². The molecule has 0 radical (unpaired) electrons. The first-order valence-electron chi connectivity index (χ1n) is 15.4. The van der Waals surface area contributed by atoms with Crippen molar-refractivity contribution in [2.75, 3.05) is 45.8 Å². The topological polar surface area (TPSA) is 78.0 Å². The Morgan fingerprint density at radius 2 is 1.07 bits per heavy atom. The number of benzene rings is 2. The van der Waals surface area contributed by atoms with E-state index in [0.717, 1.165) is 56.4 Å². The monoisotopic (exact) mass is 601 g/mol. The highest BCUT2D eigenvalue weighted by atomic mass is 32.2. The maximum absolute atomic E-state index is 13.9. The Kier molecular flexibility index (Phi) is 9.60. The molecule has 0 aromatic heterocycles. The van der Waals surface area contributed by atoms with E-state index in [4.69, 9.17) is 0 Å². The van der Waals surface area contributed by atoms with E-state index < -0.39 is 20.0 Å². The third kappa shape index (κ3) is 7.60. The number of aryl methyl sites for hydroxylation is 2. The molecule has 1 spiro atoms. The molecule has 1 heterocycles. The van der Waals surface area contributed by atoms with Crippen molar-refractivity contribution < 1.29 is 16.8 Å². The maximum atomic E-state index is 13.9. The van der Waals surface area contributed by atoms with Crippen molar-refractivity contribution in [1.82, 2.24) is 13.5 Å². The van der Waals surface area contributed by atoms with Gasteiger partial charge in [0.2, 0.25) is 20.0 Å². The van der Waals surface area contributed by atoms with Crippen LogP contribution in [-0.4, -0.2) is 76.2 Å². The van der Waals surface area contributed by atoms with Crippen molar-refractivity contribution in [3.05, 3.63) is 59.7 Å². The lowest BCUT2D eigenvalue weighted by Crippen LogP contribution is -2.45. The minimum absolute atomic E-state index is 0.314. The molecule has 2 saturated carbocycles. The van der Waals surface area contributed by atoms with E-state index in [2.05, 4.69) is 4.90 Å². The summed E-state index contributed by atoms with van der Waals surface area (Å²) in [6, 6.07) is 14.2. The van der Waals surface area contributed by atoms with Gasteiger partial charge < -0.3 is 4.90 Å². The first kappa shape index (κ1) is 30.7. The molecule has 0 atom stereocenters. The molecular formula is C32H47N3O4S2. The van der Waals surface area contributed by atoms with Crippen LogP contribution in [-0.2, 0) is 20.0 Å². The van der Waals surface area contributed by atoms with Crippen LogP contribution in [0.5, 0.6) is 0 Å². The fourth-order valence-electron chi connectivity index (χ4n) is 6.55. The van der Waals surface area contributed by atoms with Gasteiger partial charge in [-0.05, 0) is 101 Å². The predicted octanol–water partition coefficient (Wildman–Crippen LogP) is 5.44. The van der Waals surface area contributed by atoms with Crippen molar-refractivity contribution in [3.8, 4) is 0 Å². The molecule has 0 amide bonds. The standard InChI is InChI=1S/C32H47N3O4S2/c1-27-10-14-30(15-11-27)40(36,37)34-22-6-20-33(24-29-8-4-3-5-9-29)21-7-23-35(26-32(25-34)18-19-32)41(38,39)31-16-12-28(2)13-17-31/h10-17,29H,3-9,18-26H2,1-2H3. The van der Waals surface area contributed by atoms with Crippen molar-refractivity contribution >= 4 is 20.0 Å². The van der Waals surface area contributed by atoms with Gasteiger partial charge in [0.25, 0.3) is 0 Å². The zero-order chi connectivity index (χ0) is 29.1. The van der Waals surface area contributed by atoms with Gasteiger partial charge in [0.1, 0.15) is 0 Å². The van der Waals surface area contributed by atoms with Crippen LogP contribution >= 0.6 is 0 Å². The molecule has 2 aliphatic carbocycles. The summed E-state index contributed by atoms with van der Waals surface area (Å²) < 4.78 is 59.1. The molecule has 0 N–H and O–H groups in total. The molecule has 3 aliphatic rings. The fraction of sp³-hybridized carbons (Fsp3) is 0.625. The maximum Gasteiger partial charge on any atom is 0.243 e. The third-order valence-corrected chi connectivity index (χ3v) is 13.0. The van der Waals surface area contributed by atoms with Gasteiger partial charge >= 0.3 is 0 Å². The Morgan fingerprint density at radius 3 is 1.49 bits per heavy atom. The second kappa shape index (κ2) is 12.8. The van der Waals surface area contributed by atoms with Gasteiger partial charge in [0.05, 0.1) is 9.79 Å². The summed E-state index contributed by atoms with van der Waals surface area (Å²) in [7, 11) is -7.41. The highest BCUT2D eigenvalue weighted by molar-refractivity contribution is 7.89. The molecule has 0 unspecified atom stereocenters. The lowest BCUT2D eigenvalue weighted by Gasteiger charge is -2.34. The average Bonchev–Trinajstić information content (AvgIpc) is 3.71. The predicted molar refractivity (Wildman–Crippen MR) is 164 cm³/mol.